The lowest BCUT2D eigenvalue weighted by molar-refractivity contribution is 0.497. The van der Waals surface area contributed by atoms with Gasteiger partial charge in [0.2, 0.25) is 0 Å². The second kappa shape index (κ2) is 14.6. The molecular weight excluding hydrogens is 494 g/mol. The van der Waals surface area contributed by atoms with Gasteiger partial charge >= 0.3 is 0 Å². The minimum atomic E-state index is -0.748. The summed E-state index contributed by atoms with van der Waals surface area (Å²) in [5.41, 5.74) is 3.54. The summed E-state index contributed by atoms with van der Waals surface area (Å²) in [5, 5.41) is 0. The second-order valence-corrected chi connectivity index (χ2v) is 11.5. The number of imidazole rings is 1. The molecule has 0 fully saturated rings. The van der Waals surface area contributed by atoms with Crippen LogP contribution in [0.2, 0.25) is 0 Å². The van der Waals surface area contributed by atoms with E-state index in [0.29, 0.717) is 23.1 Å². The Labute approximate surface area is 231 Å². The molecular formula is C33H42F2N2S. The molecule has 0 saturated heterocycles. The van der Waals surface area contributed by atoms with Gasteiger partial charge < -0.3 is 0 Å². The highest BCUT2D eigenvalue weighted by Crippen LogP contribution is 2.38. The van der Waals surface area contributed by atoms with Crippen LogP contribution >= 0.6 is 11.3 Å². The number of thiazole rings is 1. The Morgan fingerprint density at radius 2 is 1.29 bits per heavy atom. The van der Waals surface area contributed by atoms with Crippen LogP contribution in [-0.2, 0) is 12.8 Å². The van der Waals surface area contributed by atoms with E-state index in [2.05, 4.69) is 30.6 Å². The quantitative estimate of drug-likeness (QED) is 0.130. The lowest BCUT2D eigenvalue weighted by Gasteiger charge is -2.12. The van der Waals surface area contributed by atoms with Crippen molar-refractivity contribution in [1.82, 2.24) is 9.38 Å². The molecule has 38 heavy (non-hydrogen) atoms. The summed E-state index contributed by atoms with van der Waals surface area (Å²) in [5.74, 6) is -1.45. The van der Waals surface area contributed by atoms with Crippen molar-refractivity contribution < 1.29 is 8.78 Å². The minimum absolute atomic E-state index is 0.318. The van der Waals surface area contributed by atoms with Crippen LogP contribution in [-0.4, -0.2) is 9.38 Å². The van der Waals surface area contributed by atoms with E-state index < -0.39 is 11.6 Å². The van der Waals surface area contributed by atoms with Crippen LogP contribution in [0.25, 0.3) is 26.5 Å². The number of aryl methyl sites for hydroxylation is 2. The van der Waals surface area contributed by atoms with Crippen molar-refractivity contribution in [1.29, 1.82) is 0 Å². The average molecular weight is 537 g/mol. The molecule has 2 nitrogen and oxygen atoms in total. The lowest BCUT2D eigenvalue weighted by Crippen LogP contribution is -1.98. The fraction of sp³-hybridized carbons (Fsp3) is 0.485. The third-order valence-electron chi connectivity index (χ3n) is 7.44. The van der Waals surface area contributed by atoms with Gasteiger partial charge in [-0.15, -0.1) is 0 Å². The molecule has 0 bridgehead atoms. The molecule has 204 valence electrons. The molecule has 0 aliphatic rings. The fourth-order valence-corrected chi connectivity index (χ4v) is 6.22. The van der Waals surface area contributed by atoms with Crippen molar-refractivity contribution in [3.05, 3.63) is 71.7 Å². The molecule has 0 amide bonds. The maximum Gasteiger partial charge on any atom is 0.194 e. The summed E-state index contributed by atoms with van der Waals surface area (Å²) in [7, 11) is 0. The van der Waals surface area contributed by atoms with E-state index >= 15 is 8.78 Å². The van der Waals surface area contributed by atoms with E-state index in [1.165, 1.54) is 57.8 Å². The summed E-state index contributed by atoms with van der Waals surface area (Å²) in [6, 6.07) is 11.2. The summed E-state index contributed by atoms with van der Waals surface area (Å²) in [6.07, 6.45) is 20.3. The molecule has 4 rings (SSSR count). The highest BCUT2D eigenvalue weighted by Gasteiger charge is 2.18. The van der Waals surface area contributed by atoms with Crippen molar-refractivity contribution in [3.63, 3.8) is 0 Å². The van der Waals surface area contributed by atoms with Crippen molar-refractivity contribution in [2.45, 2.75) is 104 Å². The number of benzene rings is 2. The molecule has 2 aromatic heterocycles. The van der Waals surface area contributed by atoms with Crippen LogP contribution in [0.15, 0.2) is 48.8 Å². The standard InChI is InChI=1S/C33H42F2N2S/c1-3-5-7-9-10-12-14-18-26-23-37-24-30(38-33(37)36-26)28-20-16-15-19-27(28)29-22-21-25(31(34)32(29)35)17-13-11-8-6-4-2/h15-16,19-24H,3-14,17-18H2,1-2H3. The molecule has 0 N–H and O–H groups in total. The first kappa shape index (κ1) is 28.5. The van der Waals surface area contributed by atoms with Crippen LogP contribution in [0.1, 0.15) is 102 Å². The zero-order valence-electron chi connectivity index (χ0n) is 23.1. The third kappa shape index (κ3) is 7.31. The number of aromatic nitrogens is 2. The molecule has 0 atom stereocenters. The van der Waals surface area contributed by atoms with Gasteiger partial charge in [-0.1, -0.05) is 126 Å². The van der Waals surface area contributed by atoms with Gasteiger partial charge in [0.1, 0.15) is 0 Å². The monoisotopic (exact) mass is 536 g/mol. The molecule has 0 radical (unpaired) electrons. The van der Waals surface area contributed by atoms with Gasteiger partial charge in [-0.3, -0.25) is 4.40 Å². The summed E-state index contributed by atoms with van der Waals surface area (Å²) in [4.78, 5) is 6.79. The minimum Gasteiger partial charge on any atom is -0.297 e. The smallest absolute Gasteiger partial charge is 0.194 e. The van der Waals surface area contributed by atoms with Crippen molar-refractivity contribution >= 4 is 16.3 Å². The zero-order chi connectivity index (χ0) is 26.7. The highest BCUT2D eigenvalue weighted by atomic mass is 32.1. The first-order valence-corrected chi connectivity index (χ1v) is 15.5. The van der Waals surface area contributed by atoms with E-state index in [-0.39, 0.29) is 0 Å². The topological polar surface area (TPSA) is 17.3 Å². The Kier molecular flexibility index (Phi) is 10.9. The summed E-state index contributed by atoms with van der Waals surface area (Å²) >= 11 is 1.60. The molecule has 0 unspecified atom stereocenters. The van der Waals surface area contributed by atoms with Gasteiger partial charge in [0.05, 0.1) is 10.6 Å². The van der Waals surface area contributed by atoms with Gasteiger partial charge in [0, 0.05) is 23.5 Å². The number of nitrogens with zero attached hydrogens (tertiary/aromatic N) is 2. The van der Waals surface area contributed by atoms with Gasteiger partial charge in [-0.2, -0.15) is 0 Å². The SMILES string of the molecule is CCCCCCCCCc1cn2cc(-c3ccccc3-c3ccc(CCCCCCC)c(F)c3F)sc2n1. The Hall–Kier alpha value is -2.53. The number of halogens is 2. The largest absolute Gasteiger partial charge is 0.297 e. The molecule has 4 aromatic rings. The summed E-state index contributed by atoms with van der Waals surface area (Å²) in [6.45, 7) is 4.43. The highest BCUT2D eigenvalue weighted by molar-refractivity contribution is 7.20. The Morgan fingerprint density at radius 3 is 1.97 bits per heavy atom. The van der Waals surface area contributed by atoms with Crippen LogP contribution in [0.4, 0.5) is 8.78 Å². The maximum atomic E-state index is 15.3. The van der Waals surface area contributed by atoms with Gasteiger partial charge in [0.25, 0.3) is 0 Å². The predicted molar refractivity (Wildman–Crippen MR) is 158 cm³/mol. The summed E-state index contributed by atoms with van der Waals surface area (Å²) < 4.78 is 32.4. The van der Waals surface area contributed by atoms with Crippen LogP contribution < -0.4 is 0 Å². The van der Waals surface area contributed by atoms with E-state index in [9.17, 15) is 0 Å². The lowest BCUT2D eigenvalue weighted by atomic mass is 9.96. The number of rotatable bonds is 16. The van der Waals surface area contributed by atoms with Crippen LogP contribution in [0, 0.1) is 11.6 Å². The van der Waals surface area contributed by atoms with Gasteiger partial charge in [-0.25, -0.2) is 13.8 Å². The van der Waals surface area contributed by atoms with E-state index in [1.54, 1.807) is 23.5 Å². The van der Waals surface area contributed by atoms with E-state index in [4.69, 9.17) is 4.98 Å². The van der Waals surface area contributed by atoms with Crippen molar-refractivity contribution in [2.24, 2.45) is 0 Å². The first-order chi connectivity index (χ1) is 18.6. The van der Waals surface area contributed by atoms with Crippen molar-refractivity contribution in [2.75, 3.05) is 0 Å². The van der Waals surface area contributed by atoms with Gasteiger partial charge in [-0.05, 0) is 36.8 Å². The Balaban J connectivity index is 1.45. The number of hydrogen-bond acceptors (Lipinski definition) is 2. The molecule has 0 spiro atoms. The molecule has 5 heteroatoms. The molecule has 2 aromatic carbocycles. The average Bonchev–Trinajstić information content (AvgIpc) is 3.49. The second-order valence-electron chi connectivity index (χ2n) is 10.5. The number of fused-ring (bicyclic) bond motifs is 1. The van der Waals surface area contributed by atoms with E-state index in [1.807, 2.05) is 24.3 Å². The molecule has 0 aliphatic heterocycles. The third-order valence-corrected chi connectivity index (χ3v) is 8.47. The first-order valence-electron chi connectivity index (χ1n) is 14.7. The van der Waals surface area contributed by atoms with Crippen LogP contribution in [0.5, 0.6) is 0 Å². The van der Waals surface area contributed by atoms with Crippen molar-refractivity contribution in [3.8, 4) is 21.6 Å². The molecule has 0 aliphatic carbocycles. The normalized spacial score (nSPS) is 11.6. The zero-order valence-corrected chi connectivity index (χ0v) is 23.9. The Morgan fingerprint density at radius 1 is 0.658 bits per heavy atom. The van der Waals surface area contributed by atoms with E-state index in [0.717, 1.165) is 46.8 Å². The maximum absolute atomic E-state index is 15.3. The predicted octanol–water partition coefficient (Wildman–Crippen LogP) is 10.8. The molecule has 2 heterocycles. The van der Waals surface area contributed by atoms with Gasteiger partial charge in [0.15, 0.2) is 16.6 Å². The Bertz CT molecular complexity index is 1260. The molecule has 0 saturated carbocycles. The number of unbranched alkanes of at least 4 members (excludes halogenated alkanes) is 10. The fourth-order valence-electron chi connectivity index (χ4n) is 5.19. The van der Waals surface area contributed by atoms with Crippen LogP contribution in [0.3, 0.4) is 0 Å². The number of hydrogen-bond donors (Lipinski definition) is 0.